The van der Waals surface area contributed by atoms with E-state index in [0.717, 1.165) is 57.1 Å². The van der Waals surface area contributed by atoms with Crippen LogP contribution >= 0.6 is 24.0 Å². The maximum Gasteiger partial charge on any atom is 0.236 e. The number of hydrogen-bond donors (Lipinski definition) is 1. The molecule has 2 saturated carbocycles. The van der Waals surface area contributed by atoms with Gasteiger partial charge in [0.05, 0.1) is 19.8 Å². The Morgan fingerprint density at radius 3 is 2.34 bits per heavy atom. The molecule has 1 N–H and O–H groups in total. The first-order chi connectivity index (χ1) is 13.7. The second-order valence-electron chi connectivity index (χ2n) is 8.85. The molecule has 0 bridgehead atoms. The van der Waals surface area contributed by atoms with Crippen LogP contribution in [-0.2, 0) is 9.53 Å². The minimum Gasteiger partial charge on any atom is -0.378 e. The van der Waals surface area contributed by atoms with Gasteiger partial charge >= 0.3 is 0 Å². The average molecular weight is 519 g/mol. The first-order valence-electron chi connectivity index (χ1n) is 11.3. The zero-order chi connectivity index (χ0) is 19.3. The van der Waals surface area contributed by atoms with E-state index in [1.54, 1.807) is 0 Å². The summed E-state index contributed by atoms with van der Waals surface area (Å²) in [5.41, 5.74) is 0. The van der Waals surface area contributed by atoms with Crippen molar-refractivity contribution in [2.75, 3.05) is 66.1 Å². The molecule has 2 atom stereocenters. The Hall–Kier alpha value is -0.610. The van der Waals surface area contributed by atoms with Crippen molar-refractivity contribution in [1.82, 2.24) is 20.0 Å². The lowest BCUT2D eigenvalue weighted by Gasteiger charge is -2.37. The normalized spacial score (nSPS) is 29.3. The van der Waals surface area contributed by atoms with Crippen LogP contribution in [0.25, 0.3) is 0 Å². The van der Waals surface area contributed by atoms with E-state index in [2.05, 4.69) is 20.1 Å². The molecule has 8 heteroatoms. The highest BCUT2D eigenvalue weighted by Gasteiger charge is 2.44. The molecule has 2 aliphatic heterocycles. The van der Waals surface area contributed by atoms with Gasteiger partial charge in [0.25, 0.3) is 0 Å². The van der Waals surface area contributed by atoms with Crippen LogP contribution in [0, 0.1) is 11.8 Å². The maximum absolute atomic E-state index is 12.5. The fraction of sp³-hybridized carbons (Fsp3) is 0.905. The summed E-state index contributed by atoms with van der Waals surface area (Å²) in [6, 6.07) is 0.628. The van der Waals surface area contributed by atoms with Gasteiger partial charge in [-0.3, -0.25) is 14.7 Å². The van der Waals surface area contributed by atoms with Crippen LogP contribution in [0.5, 0.6) is 0 Å². The lowest BCUT2D eigenvalue weighted by atomic mass is 9.85. The van der Waals surface area contributed by atoms with Crippen LogP contribution in [0.1, 0.15) is 38.5 Å². The first-order valence-corrected chi connectivity index (χ1v) is 11.3. The fourth-order valence-electron chi connectivity index (χ4n) is 5.15. The SMILES string of the molecule is CN=C(NC1CC1C1CCCCC1)N1CCN(CC(=O)N2CCOCC2)CC1.I. The number of morpholine rings is 1. The number of nitrogens with one attached hydrogen (secondary N) is 1. The lowest BCUT2D eigenvalue weighted by molar-refractivity contribution is -0.136. The first kappa shape index (κ1) is 23.1. The van der Waals surface area contributed by atoms with Crippen molar-refractivity contribution in [2.24, 2.45) is 16.8 Å². The lowest BCUT2D eigenvalue weighted by Crippen LogP contribution is -2.55. The Morgan fingerprint density at radius 2 is 1.69 bits per heavy atom. The predicted octanol–water partition coefficient (Wildman–Crippen LogP) is 1.63. The van der Waals surface area contributed by atoms with Gasteiger partial charge in [0.15, 0.2) is 5.96 Å². The third kappa shape index (κ3) is 6.19. The molecule has 4 rings (SSSR count). The summed E-state index contributed by atoms with van der Waals surface area (Å²) < 4.78 is 5.34. The van der Waals surface area contributed by atoms with Crippen molar-refractivity contribution in [3.05, 3.63) is 0 Å². The molecule has 166 valence electrons. The van der Waals surface area contributed by atoms with E-state index in [1.165, 1.54) is 38.5 Å². The van der Waals surface area contributed by atoms with Crippen molar-refractivity contribution in [2.45, 2.75) is 44.6 Å². The van der Waals surface area contributed by atoms with Gasteiger partial charge in [-0.25, -0.2) is 0 Å². The van der Waals surface area contributed by atoms with Crippen LogP contribution in [-0.4, -0.2) is 98.7 Å². The molecule has 0 aromatic heterocycles. The molecule has 1 amide bonds. The van der Waals surface area contributed by atoms with Gasteiger partial charge in [0, 0.05) is 52.4 Å². The second kappa shape index (κ2) is 11.1. The summed E-state index contributed by atoms with van der Waals surface area (Å²) in [7, 11) is 1.90. The van der Waals surface area contributed by atoms with E-state index in [-0.39, 0.29) is 29.9 Å². The molecule has 4 fully saturated rings. The number of guanidine groups is 1. The Morgan fingerprint density at radius 1 is 1.00 bits per heavy atom. The van der Waals surface area contributed by atoms with E-state index in [1.807, 2.05) is 11.9 Å². The minimum absolute atomic E-state index is 0. The van der Waals surface area contributed by atoms with Gasteiger partial charge in [-0.2, -0.15) is 0 Å². The van der Waals surface area contributed by atoms with Gasteiger partial charge < -0.3 is 19.9 Å². The number of ether oxygens (including phenoxy) is 1. The number of nitrogens with zero attached hydrogens (tertiary/aromatic N) is 4. The highest BCUT2D eigenvalue weighted by atomic mass is 127. The van der Waals surface area contributed by atoms with Crippen molar-refractivity contribution < 1.29 is 9.53 Å². The standard InChI is InChI=1S/C21H37N5O2.HI/c1-22-21(23-19-15-18(19)17-5-3-2-4-6-17)26-9-7-24(8-10-26)16-20(27)25-11-13-28-14-12-25;/h17-19H,2-16H2,1H3,(H,22,23);1H. The summed E-state index contributed by atoms with van der Waals surface area (Å²) in [5, 5.41) is 3.73. The molecule has 0 radical (unpaired) electrons. The highest BCUT2D eigenvalue weighted by molar-refractivity contribution is 14.0. The number of amides is 1. The molecular formula is C21H38IN5O2. The molecule has 4 aliphatic rings. The molecule has 2 saturated heterocycles. The molecule has 2 aliphatic carbocycles. The smallest absolute Gasteiger partial charge is 0.236 e. The molecule has 7 nitrogen and oxygen atoms in total. The summed E-state index contributed by atoms with van der Waals surface area (Å²) in [6.07, 6.45) is 8.45. The number of halogens is 1. The van der Waals surface area contributed by atoms with E-state index < -0.39 is 0 Å². The van der Waals surface area contributed by atoms with Gasteiger partial charge in [-0.15, -0.1) is 24.0 Å². The highest BCUT2D eigenvalue weighted by Crippen LogP contribution is 2.44. The Balaban J connectivity index is 0.00000240. The third-order valence-electron chi connectivity index (χ3n) is 7.02. The predicted molar refractivity (Wildman–Crippen MR) is 126 cm³/mol. The summed E-state index contributed by atoms with van der Waals surface area (Å²) >= 11 is 0. The maximum atomic E-state index is 12.5. The zero-order valence-electron chi connectivity index (χ0n) is 17.9. The number of aliphatic imine (C=N–C) groups is 1. The van der Waals surface area contributed by atoms with E-state index in [0.29, 0.717) is 25.8 Å². The van der Waals surface area contributed by atoms with Crippen molar-refractivity contribution >= 4 is 35.8 Å². The van der Waals surface area contributed by atoms with Crippen LogP contribution in [0.15, 0.2) is 4.99 Å². The van der Waals surface area contributed by atoms with Crippen LogP contribution < -0.4 is 5.32 Å². The van der Waals surface area contributed by atoms with Crippen LogP contribution in [0.3, 0.4) is 0 Å². The van der Waals surface area contributed by atoms with Gasteiger partial charge in [0.2, 0.25) is 5.91 Å². The number of piperazine rings is 1. The van der Waals surface area contributed by atoms with E-state index in [4.69, 9.17) is 4.74 Å². The van der Waals surface area contributed by atoms with Crippen LogP contribution in [0.4, 0.5) is 0 Å². The Bertz CT molecular complexity index is 555. The van der Waals surface area contributed by atoms with Gasteiger partial charge in [-0.05, 0) is 18.3 Å². The van der Waals surface area contributed by atoms with E-state index in [9.17, 15) is 4.79 Å². The van der Waals surface area contributed by atoms with Crippen molar-refractivity contribution in [3.63, 3.8) is 0 Å². The summed E-state index contributed by atoms with van der Waals surface area (Å²) in [6.45, 7) is 7.08. The summed E-state index contributed by atoms with van der Waals surface area (Å²) in [4.78, 5) is 23.6. The molecule has 0 aromatic rings. The number of hydrogen-bond acceptors (Lipinski definition) is 4. The van der Waals surface area contributed by atoms with Crippen molar-refractivity contribution in [3.8, 4) is 0 Å². The number of rotatable bonds is 4. The minimum atomic E-state index is 0. The number of carbonyl (C=O) groups is 1. The van der Waals surface area contributed by atoms with E-state index >= 15 is 0 Å². The quantitative estimate of drug-likeness (QED) is 0.348. The van der Waals surface area contributed by atoms with Crippen molar-refractivity contribution in [1.29, 1.82) is 0 Å². The zero-order valence-corrected chi connectivity index (χ0v) is 20.2. The Kier molecular flexibility index (Phi) is 8.85. The molecule has 0 spiro atoms. The molecule has 2 heterocycles. The molecular weight excluding hydrogens is 481 g/mol. The molecule has 2 unspecified atom stereocenters. The van der Waals surface area contributed by atoms with Crippen LogP contribution in [0.2, 0.25) is 0 Å². The Labute approximate surface area is 192 Å². The third-order valence-corrected chi connectivity index (χ3v) is 7.02. The van der Waals surface area contributed by atoms with Gasteiger partial charge in [-0.1, -0.05) is 32.1 Å². The average Bonchev–Trinajstić information content (AvgIpc) is 3.53. The largest absolute Gasteiger partial charge is 0.378 e. The monoisotopic (exact) mass is 519 g/mol. The fourth-order valence-corrected chi connectivity index (χ4v) is 5.15. The number of carbonyl (C=O) groups excluding carboxylic acids is 1. The summed E-state index contributed by atoms with van der Waals surface area (Å²) in [5.74, 6) is 3.10. The van der Waals surface area contributed by atoms with Gasteiger partial charge in [0.1, 0.15) is 0 Å². The molecule has 29 heavy (non-hydrogen) atoms. The topological polar surface area (TPSA) is 60.4 Å². The molecule has 0 aromatic carbocycles. The second-order valence-corrected chi connectivity index (χ2v) is 8.85.